The van der Waals surface area contributed by atoms with E-state index >= 15 is 0 Å². The molecule has 0 aliphatic heterocycles. The lowest BCUT2D eigenvalue weighted by atomic mass is 10.2. The molecule has 1 atom stereocenters. The van der Waals surface area contributed by atoms with Crippen LogP contribution in [0.4, 0.5) is 16.5 Å². The molecule has 1 aromatic heterocycles. The normalized spacial score (nSPS) is 11.5. The first-order chi connectivity index (χ1) is 17.8. The van der Waals surface area contributed by atoms with Gasteiger partial charge in [0.25, 0.3) is 0 Å². The number of amides is 1. The van der Waals surface area contributed by atoms with E-state index in [-0.39, 0.29) is 11.2 Å². The van der Waals surface area contributed by atoms with E-state index in [9.17, 15) is 4.79 Å². The fourth-order valence-electron chi connectivity index (χ4n) is 3.30. The third kappa shape index (κ3) is 7.37. The summed E-state index contributed by atoms with van der Waals surface area (Å²) in [5.41, 5.74) is 3.00. The minimum atomic E-state index is -0.361. The molecule has 6 nitrogen and oxygen atoms in total. The molecule has 0 saturated carbocycles. The van der Waals surface area contributed by atoms with E-state index in [1.54, 1.807) is 19.2 Å². The van der Waals surface area contributed by atoms with Crippen LogP contribution in [0.15, 0.2) is 77.0 Å². The molecule has 1 unspecified atom stereocenters. The van der Waals surface area contributed by atoms with Gasteiger partial charge < -0.3 is 20.7 Å². The van der Waals surface area contributed by atoms with Gasteiger partial charge in [-0.15, -0.1) is 23.1 Å². The highest BCUT2D eigenvalue weighted by Crippen LogP contribution is 2.33. The molecule has 4 rings (SSSR count). The molecule has 1 amide bonds. The number of thiazole rings is 1. The number of aromatic nitrogens is 1. The van der Waals surface area contributed by atoms with E-state index in [1.807, 2.05) is 66.9 Å². The number of hydrogen-bond donors (Lipinski definition) is 3. The maximum Gasteiger partial charge on any atom is 0.239 e. The van der Waals surface area contributed by atoms with Gasteiger partial charge in [0.05, 0.1) is 28.8 Å². The molecule has 0 spiro atoms. The van der Waals surface area contributed by atoms with Gasteiger partial charge in [0, 0.05) is 26.5 Å². The SMILES string of the molecule is COc1ccccc1NC(=S)Nc1cccc(SC(C)C(=O)Nc2nc(-c3ccc(Cl)cc3Cl)cs2)c1. The Labute approximate surface area is 238 Å². The van der Waals surface area contributed by atoms with Crippen LogP contribution in [-0.2, 0) is 4.79 Å². The first-order valence-electron chi connectivity index (χ1n) is 11.0. The number of benzene rings is 3. The number of thiocarbonyl (C=S) groups is 1. The summed E-state index contributed by atoms with van der Waals surface area (Å²) < 4.78 is 5.35. The zero-order chi connectivity index (χ0) is 26.4. The summed E-state index contributed by atoms with van der Waals surface area (Å²) in [6, 6.07) is 20.5. The van der Waals surface area contributed by atoms with Gasteiger partial charge in [-0.3, -0.25) is 4.79 Å². The molecule has 0 saturated heterocycles. The number of carbonyl (C=O) groups is 1. The Kier molecular flexibility index (Phi) is 9.28. The summed E-state index contributed by atoms with van der Waals surface area (Å²) in [5, 5.41) is 12.7. The molecular weight excluding hydrogens is 567 g/mol. The van der Waals surface area contributed by atoms with Gasteiger partial charge in [-0.2, -0.15) is 0 Å². The lowest BCUT2D eigenvalue weighted by Crippen LogP contribution is -2.22. The van der Waals surface area contributed by atoms with Crippen molar-refractivity contribution >= 4 is 86.0 Å². The molecule has 0 bridgehead atoms. The number of ether oxygens (including phenoxy) is 1. The van der Waals surface area contributed by atoms with Crippen LogP contribution in [0.5, 0.6) is 5.75 Å². The molecule has 37 heavy (non-hydrogen) atoms. The summed E-state index contributed by atoms with van der Waals surface area (Å²) in [4.78, 5) is 18.3. The average molecular weight is 590 g/mol. The molecule has 3 aromatic carbocycles. The molecule has 11 heteroatoms. The van der Waals surface area contributed by atoms with Crippen molar-refractivity contribution in [1.29, 1.82) is 0 Å². The molecule has 3 N–H and O–H groups in total. The zero-order valence-electron chi connectivity index (χ0n) is 19.7. The Morgan fingerprint density at radius 2 is 1.86 bits per heavy atom. The molecule has 0 aliphatic carbocycles. The summed E-state index contributed by atoms with van der Waals surface area (Å²) in [6.45, 7) is 1.85. The summed E-state index contributed by atoms with van der Waals surface area (Å²) in [6.07, 6.45) is 0. The van der Waals surface area contributed by atoms with Gasteiger partial charge in [-0.05, 0) is 67.7 Å². The van der Waals surface area contributed by atoms with Gasteiger partial charge in [-0.25, -0.2) is 4.98 Å². The first kappa shape index (κ1) is 27.2. The van der Waals surface area contributed by atoms with Crippen molar-refractivity contribution in [3.8, 4) is 17.0 Å². The zero-order valence-corrected chi connectivity index (χ0v) is 23.7. The summed E-state index contributed by atoms with van der Waals surface area (Å²) in [7, 11) is 1.61. The van der Waals surface area contributed by atoms with Crippen LogP contribution in [0.25, 0.3) is 11.3 Å². The minimum absolute atomic E-state index is 0.153. The third-order valence-electron chi connectivity index (χ3n) is 5.07. The monoisotopic (exact) mass is 588 g/mol. The van der Waals surface area contributed by atoms with Crippen molar-refractivity contribution in [3.63, 3.8) is 0 Å². The smallest absolute Gasteiger partial charge is 0.239 e. The Balaban J connectivity index is 1.34. The van der Waals surface area contributed by atoms with Crippen LogP contribution in [0, 0.1) is 0 Å². The molecular formula is C26H22Cl2N4O2S3. The van der Waals surface area contributed by atoms with E-state index in [0.29, 0.717) is 31.7 Å². The Bertz CT molecular complexity index is 1430. The van der Waals surface area contributed by atoms with Crippen LogP contribution in [0.2, 0.25) is 10.0 Å². The number of halogens is 2. The van der Waals surface area contributed by atoms with Crippen molar-refractivity contribution < 1.29 is 9.53 Å². The van der Waals surface area contributed by atoms with E-state index < -0.39 is 0 Å². The summed E-state index contributed by atoms with van der Waals surface area (Å²) >= 11 is 20.5. The van der Waals surface area contributed by atoms with Crippen LogP contribution in [0.3, 0.4) is 0 Å². The predicted octanol–water partition coefficient (Wildman–Crippen LogP) is 8.05. The number of hydrogen-bond acceptors (Lipinski definition) is 6. The quantitative estimate of drug-likeness (QED) is 0.142. The van der Waals surface area contributed by atoms with Gasteiger partial charge in [0.1, 0.15) is 5.75 Å². The highest BCUT2D eigenvalue weighted by Gasteiger charge is 2.17. The Morgan fingerprint density at radius 3 is 2.65 bits per heavy atom. The maximum atomic E-state index is 12.8. The van der Waals surface area contributed by atoms with Gasteiger partial charge in [0.2, 0.25) is 5.91 Å². The molecule has 0 aliphatic rings. The third-order valence-corrected chi connectivity index (χ3v) is 7.67. The van der Waals surface area contributed by atoms with Crippen molar-refractivity contribution in [3.05, 3.63) is 82.2 Å². The number of nitrogens with zero attached hydrogens (tertiary/aromatic N) is 1. The number of carbonyl (C=O) groups excluding carboxylic acids is 1. The second kappa shape index (κ2) is 12.6. The summed E-state index contributed by atoms with van der Waals surface area (Å²) in [5.74, 6) is 0.541. The van der Waals surface area contributed by atoms with E-state index in [4.69, 9.17) is 40.2 Å². The van der Waals surface area contributed by atoms with Crippen molar-refractivity contribution in [2.24, 2.45) is 0 Å². The number of anilines is 3. The lowest BCUT2D eigenvalue weighted by Gasteiger charge is -2.14. The van der Waals surface area contributed by atoms with Gasteiger partial charge in [0.15, 0.2) is 10.2 Å². The fraction of sp³-hybridized carbons (Fsp3) is 0.115. The largest absolute Gasteiger partial charge is 0.495 e. The van der Waals surface area contributed by atoms with Crippen LogP contribution < -0.4 is 20.7 Å². The Morgan fingerprint density at radius 1 is 1.05 bits per heavy atom. The number of nitrogens with one attached hydrogen (secondary N) is 3. The highest BCUT2D eigenvalue weighted by molar-refractivity contribution is 8.00. The standard InChI is InChI=1S/C26H22Cl2N4O2S3/c1-15(24(33)32-26-31-22(14-36-26)19-11-10-16(27)12-20(19)28)37-18-7-5-6-17(13-18)29-25(35)30-21-8-3-4-9-23(21)34-2/h3-15H,1-2H3,(H2,29,30,35)(H,31,32,33). The average Bonchev–Trinajstić information content (AvgIpc) is 3.32. The second-order valence-corrected chi connectivity index (χ2v) is 11.2. The number of methoxy groups -OCH3 is 1. The van der Waals surface area contributed by atoms with Gasteiger partial charge in [-0.1, -0.05) is 41.4 Å². The Hall–Kier alpha value is -2.82. The molecule has 4 aromatic rings. The first-order valence-corrected chi connectivity index (χ1v) is 13.9. The van der Waals surface area contributed by atoms with Crippen molar-refractivity contribution in [2.75, 3.05) is 23.1 Å². The molecule has 1 heterocycles. The lowest BCUT2D eigenvalue weighted by molar-refractivity contribution is -0.115. The van der Waals surface area contributed by atoms with Crippen LogP contribution >= 0.6 is 58.5 Å². The fourth-order valence-corrected chi connectivity index (χ4v) is 5.67. The topological polar surface area (TPSA) is 75.3 Å². The highest BCUT2D eigenvalue weighted by atomic mass is 35.5. The molecule has 0 radical (unpaired) electrons. The number of rotatable bonds is 8. The minimum Gasteiger partial charge on any atom is -0.495 e. The van der Waals surface area contributed by atoms with Crippen molar-refractivity contribution in [1.82, 2.24) is 4.98 Å². The molecule has 0 fully saturated rings. The maximum absolute atomic E-state index is 12.8. The molecule has 190 valence electrons. The number of thioether (sulfide) groups is 1. The van der Waals surface area contributed by atoms with E-state index in [0.717, 1.165) is 21.8 Å². The number of para-hydroxylation sites is 2. The van der Waals surface area contributed by atoms with E-state index in [1.165, 1.54) is 23.1 Å². The van der Waals surface area contributed by atoms with Crippen molar-refractivity contribution in [2.45, 2.75) is 17.1 Å². The van der Waals surface area contributed by atoms with Crippen LogP contribution in [0.1, 0.15) is 6.92 Å². The van der Waals surface area contributed by atoms with Gasteiger partial charge >= 0.3 is 0 Å². The second-order valence-electron chi connectivity index (χ2n) is 7.72. The van der Waals surface area contributed by atoms with Crippen LogP contribution in [-0.4, -0.2) is 28.4 Å². The predicted molar refractivity (Wildman–Crippen MR) is 161 cm³/mol. The van der Waals surface area contributed by atoms with E-state index in [2.05, 4.69) is 20.9 Å².